The van der Waals surface area contributed by atoms with E-state index in [1.54, 1.807) is 24.3 Å². The Bertz CT molecular complexity index is 1260. The second-order valence-electron chi connectivity index (χ2n) is 10.4. The number of aromatic hydroxyl groups is 1. The lowest BCUT2D eigenvalue weighted by atomic mass is 9.97. The molecule has 228 valence electrons. The molecule has 2 atom stereocenters. The third-order valence-corrected chi connectivity index (χ3v) is 7.26. The zero-order valence-electron chi connectivity index (χ0n) is 24.3. The van der Waals surface area contributed by atoms with Crippen LogP contribution in [0.4, 0.5) is 5.69 Å². The van der Waals surface area contributed by atoms with Gasteiger partial charge in [-0.3, -0.25) is 4.79 Å². The van der Waals surface area contributed by atoms with E-state index in [-0.39, 0.29) is 22.4 Å². The molecular weight excluding hydrogens is 542 g/mol. The minimum atomic E-state index is -1.60. The number of hydrogen-bond acceptors (Lipinski definition) is 10. The topological polar surface area (TPSA) is 154 Å². The Kier molecular flexibility index (Phi) is 12.2. The van der Waals surface area contributed by atoms with E-state index < -0.39 is 48.1 Å². The van der Waals surface area contributed by atoms with Crippen LogP contribution in [0.2, 0.25) is 0 Å². The predicted octanol–water partition coefficient (Wildman–Crippen LogP) is 5.36. The number of cyclic esters (lactones) is 1. The van der Waals surface area contributed by atoms with Gasteiger partial charge in [-0.1, -0.05) is 70.6 Å². The number of anilines is 1. The largest absolute Gasteiger partial charge is 0.507 e. The van der Waals surface area contributed by atoms with Crippen LogP contribution in [0, 0.1) is 0 Å². The number of benzene rings is 2. The minimum absolute atomic E-state index is 0.00449. The number of carbonyl (C=O) groups excluding carboxylic acids is 3. The van der Waals surface area contributed by atoms with Crippen LogP contribution in [0.25, 0.3) is 0 Å². The molecule has 4 N–H and O–H groups in total. The molecule has 0 bridgehead atoms. The van der Waals surface area contributed by atoms with Crippen molar-refractivity contribution in [1.29, 1.82) is 0 Å². The predicted molar refractivity (Wildman–Crippen MR) is 157 cm³/mol. The van der Waals surface area contributed by atoms with E-state index in [0.717, 1.165) is 70.1 Å². The molecule has 10 nitrogen and oxygen atoms in total. The van der Waals surface area contributed by atoms with Crippen molar-refractivity contribution in [2.45, 2.75) is 77.4 Å². The number of rotatable bonds is 17. The van der Waals surface area contributed by atoms with Crippen molar-refractivity contribution in [3.63, 3.8) is 0 Å². The number of aliphatic hydroxyl groups excluding tert-OH is 3. The van der Waals surface area contributed by atoms with Crippen LogP contribution >= 0.6 is 0 Å². The second kappa shape index (κ2) is 15.8. The molecule has 0 saturated carbocycles. The normalized spacial score (nSPS) is 15.4. The van der Waals surface area contributed by atoms with Crippen LogP contribution in [-0.2, 0) is 14.3 Å². The number of ether oxygens (including phenoxy) is 2. The van der Waals surface area contributed by atoms with Gasteiger partial charge in [-0.15, -0.1) is 0 Å². The molecule has 1 aliphatic heterocycles. The first kappa shape index (κ1) is 32.5. The van der Waals surface area contributed by atoms with E-state index in [0.29, 0.717) is 0 Å². The van der Waals surface area contributed by atoms with Gasteiger partial charge in [-0.25, -0.2) is 9.59 Å². The van der Waals surface area contributed by atoms with E-state index in [4.69, 9.17) is 9.47 Å². The molecular formula is C32H41NO9. The summed E-state index contributed by atoms with van der Waals surface area (Å²) in [6.45, 7) is 5.18. The molecule has 2 aromatic carbocycles. The number of hydrogen-bond donors (Lipinski definition) is 4. The summed E-state index contributed by atoms with van der Waals surface area (Å²) in [5.41, 5.74) is 0.613. The monoisotopic (exact) mass is 583 g/mol. The zero-order chi connectivity index (χ0) is 30.6. The molecule has 0 aromatic heterocycles. The highest BCUT2D eigenvalue weighted by Gasteiger charge is 2.42. The highest BCUT2D eigenvalue weighted by atomic mass is 16.6. The Balaban J connectivity index is 1.80. The molecule has 0 spiro atoms. The summed E-state index contributed by atoms with van der Waals surface area (Å²) < 4.78 is 10.0. The number of nitrogens with zero attached hydrogens (tertiary/aromatic N) is 1. The maximum atomic E-state index is 13.5. The average molecular weight is 584 g/mol. The molecule has 1 heterocycles. The molecule has 3 rings (SSSR count). The van der Waals surface area contributed by atoms with Crippen molar-refractivity contribution in [3.8, 4) is 5.75 Å². The summed E-state index contributed by atoms with van der Waals surface area (Å²) in [5, 5.41) is 40.1. The number of unbranched alkanes of at least 4 members (excludes halogenated alkanes) is 6. The van der Waals surface area contributed by atoms with Crippen LogP contribution in [0.1, 0.15) is 91.5 Å². The smallest absolute Gasteiger partial charge is 0.378 e. The fourth-order valence-corrected chi connectivity index (χ4v) is 4.86. The van der Waals surface area contributed by atoms with Crippen molar-refractivity contribution in [2.24, 2.45) is 0 Å². The fourth-order valence-electron chi connectivity index (χ4n) is 4.86. The van der Waals surface area contributed by atoms with Crippen molar-refractivity contribution in [3.05, 3.63) is 70.7 Å². The van der Waals surface area contributed by atoms with Gasteiger partial charge in [0, 0.05) is 30.4 Å². The first-order chi connectivity index (χ1) is 20.2. The molecule has 10 heteroatoms. The molecule has 0 saturated heterocycles. The van der Waals surface area contributed by atoms with Crippen LogP contribution < -0.4 is 4.90 Å². The van der Waals surface area contributed by atoms with Crippen LogP contribution in [0.15, 0.2) is 54.0 Å². The summed E-state index contributed by atoms with van der Waals surface area (Å²) in [4.78, 5) is 40.4. The highest BCUT2D eigenvalue weighted by Crippen LogP contribution is 2.29. The van der Waals surface area contributed by atoms with E-state index in [9.17, 15) is 34.8 Å². The van der Waals surface area contributed by atoms with Gasteiger partial charge in [-0.05, 0) is 31.0 Å². The number of carbonyl (C=O) groups is 3. The third-order valence-electron chi connectivity index (χ3n) is 7.26. The highest BCUT2D eigenvalue weighted by molar-refractivity contribution is 6.15. The van der Waals surface area contributed by atoms with Gasteiger partial charge in [0.15, 0.2) is 17.6 Å². The standard InChI is InChI=1S/C32H41NO9/c1-3-5-7-11-17-33(18-12-8-6-4-2)21-15-16-24(25(35)19-21)27(36)22-13-9-10-14-23(22)31(39)41-26(20-34)30-28(37)29(38)32(40)42-30/h9-10,13-16,19,26,30,34-35,37-38H,3-8,11-12,17-18,20H2,1-2H3. The number of ketones is 1. The molecule has 1 aliphatic rings. The second-order valence-corrected chi connectivity index (χ2v) is 10.4. The molecule has 0 aliphatic carbocycles. The summed E-state index contributed by atoms with van der Waals surface area (Å²) >= 11 is 0. The zero-order valence-corrected chi connectivity index (χ0v) is 24.3. The molecule has 0 amide bonds. The van der Waals surface area contributed by atoms with Gasteiger partial charge in [-0.2, -0.15) is 0 Å². The summed E-state index contributed by atoms with van der Waals surface area (Å²) in [7, 11) is 0. The van der Waals surface area contributed by atoms with Crippen molar-refractivity contribution in [1.82, 2.24) is 0 Å². The molecule has 2 aromatic rings. The van der Waals surface area contributed by atoms with Crippen LogP contribution in [-0.4, -0.2) is 70.1 Å². The number of phenols is 1. The number of phenolic OH excluding ortho intramolecular Hbond substituents is 1. The number of aliphatic hydroxyl groups is 3. The van der Waals surface area contributed by atoms with Crippen molar-refractivity contribution >= 4 is 23.4 Å². The van der Waals surface area contributed by atoms with Crippen molar-refractivity contribution in [2.75, 3.05) is 24.6 Å². The van der Waals surface area contributed by atoms with Crippen molar-refractivity contribution < 1.29 is 44.3 Å². The third kappa shape index (κ3) is 8.03. The first-order valence-corrected chi connectivity index (χ1v) is 14.6. The van der Waals surface area contributed by atoms with Gasteiger partial charge in [0.25, 0.3) is 0 Å². The summed E-state index contributed by atoms with van der Waals surface area (Å²) in [6, 6.07) is 10.7. The average Bonchev–Trinajstić information content (AvgIpc) is 3.25. The van der Waals surface area contributed by atoms with Crippen LogP contribution in [0.5, 0.6) is 5.75 Å². The van der Waals surface area contributed by atoms with Gasteiger partial charge < -0.3 is 34.8 Å². The minimum Gasteiger partial charge on any atom is -0.507 e. The lowest BCUT2D eigenvalue weighted by Gasteiger charge is -2.25. The van der Waals surface area contributed by atoms with Gasteiger partial charge in [0.1, 0.15) is 5.75 Å². The SMILES string of the molecule is CCCCCCN(CCCCCC)c1ccc(C(=O)c2ccccc2C(=O)OC(CO)C2OC(=O)C(O)=C2O)c(O)c1. The van der Waals surface area contributed by atoms with Gasteiger partial charge in [0.2, 0.25) is 11.9 Å². The Hall–Kier alpha value is -4.05. The fraction of sp³-hybridized carbons (Fsp3) is 0.469. The quantitative estimate of drug-likeness (QED) is 0.109. The summed E-state index contributed by atoms with van der Waals surface area (Å²) in [6.07, 6.45) is 5.76. The molecule has 2 unspecified atom stereocenters. The lowest BCUT2D eigenvalue weighted by Crippen LogP contribution is -2.36. The van der Waals surface area contributed by atoms with E-state index in [2.05, 4.69) is 18.7 Å². The first-order valence-electron chi connectivity index (χ1n) is 14.6. The van der Waals surface area contributed by atoms with E-state index in [1.807, 2.05) is 0 Å². The molecule has 0 fully saturated rings. The lowest BCUT2D eigenvalue weighted by molar-refractivity contribution is -0.148. The molecule has 42 heavy (non-hydrogen) atoms. The van der Waals surface area contributed by atoms with Gasteiger partial charge >= 0.3 is 11.9 Å². The Morgan fingerprint density at radius 1 is 0.881 bits per heavy atom. The molecule has 0 radical (unpaired) electrons. The van der Waals surface area contributed by atoms with Crippen LogP contribution in [0.3, 0.4) is 0 Å². The maximum Gasteiger partial charge on any atom is 0.378 e. The van der Waals surface area contributed by atoms with Gasteiger partial charge in [0.05, 0.1) is 17.7 Å². The number of esters is 2. The Labute approximate surface area is 246 Å². The summed E-state index contributed by atoms with van der Waals surface area (Å²) in [5.74, 6) is -4.99. The Morgan fingerprint density at radius 2 is 1.50 bits per heavy atom. The Morgan fingerprint density at radius 3 is 2.02 bits per heavy atom. The van der Waals surface area contributed by atoms with E-state index >= 15 is 0 Å². The maximum absolute atomic E-state index is 13.5. The van der Waals surface area contributed by atoms with E-state index in [1.165, 1.54) is 18.2 Å².